The highest BCUT2D eigenvalue weighted by atomic mass is 16.6. The number of nitrogens with zero attached hydrogens (tertiary/aromatic N) is 1. The average molecular weight is 239 g/mol. The number of benzene rings is 1. The van der Waals surface area contributed by atoms with E-state index in [1.807, 2.05) is 0 Å². The first-order chi connectivity index (χ1) is 8.10. The molecule has 0 saturated heterocycles. The largest absolute Gasteiger partial charge is 0.395 e. The third-order valence-electron chi connectivity index (χ3n) is 2.11. The molecular formula is C10H13N3O4. The van der Waals surface area contributed by atoms with Gasteiger partial charge in [0.25, 0.3) is 11.6 Å². The molecule has 0 heterocycles. The highest BCUT2D eigenvalue weighted by Crippen LogP contribution is 2.25. The van der Waals surface area contributed by atoms with Gasteiger partial charge in [-0.05, 0) is 12.1 Å². The fourth-order valence-electron chi connectivity index (χ4n) is 1.31. The van der Waals surface area contributed by atoms with Crippen molar-refractivity contribution in [3.8, 4) is 0 Å². The summed E-state index contributed by atoms with van der Waals surface area (Å²) in [6.45, 7) is 0.0779. The molecule has 0 aromatic heterocycles. The van der Waals surface area contributed by atoms with Crippen molar-refractivity contribution in [1.29, 1.82) is 0 Å². The Bertz CT molecular complexity index is 434. The second kappa shape index (κ2) is 5.80. The lowest BCUT2D eigenvalue weighted by Gasteiger charge is -2.06. The van der Waals surface area contributed by atoms with Crippen molar-refractivity contribution in [2.45, 2.75) is 0 Å². The van der Waals surface area contributed by atoms with Crippen LogP contribution < -0.4 is 10.6 Å². The van der Waals surface area contributed by atoms with E-state index in [2.05, 4.69) is 10.6 Å². The van der Waals surface area contributed by atoms with Crippen molar-refractivity contribution in [2.75, 3.05) is 25.5 Å². The molecule has 7 nitrogen and oxygen atoms in total. The summed E-state index contributed by atoms with van der Waals surface area (Å²) in [5, 5.41) is 24.6. The minimum absolute atomic E-state index is 0.131. The Labute approximate surface area is 97.6 Å². The highest BCUT2D eigenvalue weighted by Gasteiger charge is 2.16. The summed E-state index contributed by atoms with van der Waals surface area (Å²) in [7, 11) is 1.45. The number of nitro benzene ring substituents is 1. The first kappa shape index (κ1) is 12.9. The monoisotopic (exact) mass is 239 g/mol. The summed E-state index contributed by atoms with van der Waals surface area (Å²) < 4.78 is 0. The Kier molecular flexibility index (Phi) is 4.41. The van der Waals surface area contributed by atoms with Crippen LogP contribution in [0.4, 0.5) is 11.4 Å². The van der Waals surface area contributed by atoms with E-state index in [0.29, 0.717) is 0 Å². The van der Waals surface area contributed by atoms with Gasteiger partial charge in [-0.15, -0.1) is 0 Å². The van der Waals surface area contributed by atoms with Crippen LogP contribution in [0.1, 0.15) is 10.4 Å². The molecule has 0 unspecified atom stereocenters. The summed E-state index contributed by atoms with van der Waals surface area (Å²) >= 11 is 0. The van der Waals surface area contributed by atoms with Crippen LogP contribution >= 0.6 is 0 Å². The summed E-state index contributed by atoms with van der Waals surface area (Å²) in [4.78, 5) is 21.6. The summed E-state index contributed by atoms with van der Waals surface area (Å²) in [6.07, 6.45) is 0. The topological polar surface area (TPSA) is 104 Å². The van der Waals surface area contributed by atoms with Gasteiger partial charge in [-0.2, -0.15) is 0 Å². The fourth-order valence-corrected chi connectivity index (χ4v) is 1.31. The molecular weight excluding hydrogens is 226 g/mol. The number of aliphatic hydroxyl groups excluding tert-OH is 1. The number of amides is 1. The van der Waals surface area contributed by atoms with E-state index in [1.165, 1.54) is 25.2 Å². The van der Waals surface area contributed by atoms with Crippen LogP contribution in [0.25, 0.3) is 0 Å². The van der Waals surface area contributed by atoms with Gasteiger partial charge in [0.05, 0.1) is 11.5 Å². The van der Waals surface area contributed by atoms with Crippen LogP contribution in [-0.4, -0.2) is 36.1 Å². The first-order valence-electron chi connectivity index (χ1n) is 4.95. The number of rotatable bonds is 5. The molecule has 1 rings (SSSR count). The van der Waals surface area contributed by atoms with Gasteiger partial charge in [0.1, 0.15) is 5.69 Å². The van der Waals surface area contributed by atoms with Crippen LogP contribution in [0.5, 0.6) is 0 Å². The number of hydrogen-bond donors (Lipinski definition) is 3. The molecule has 92 valence electrons. The zero-order valence-electron chi connectivity index (χ0n) is 9.27. The molecule has 1 amide bonds. The Morgan fingerprint density at radius 3 is 2.76 bits per heavy atom. The molecule has 0 fully saturated rings. The van der Waals surface area contributed by atoms with E-state index in [9.17, 15) is 14.9 Å². The van der Waals surface area contributed by atoms with Crippen molar-refractivity contribution >= 4 is 17.3 Å². The van der Waals surface area contributed by atoms with Crippen molar-refractivity contribution in [2.24, 2.45) is 0 Å². The Morgan fingerprint density at radius 1 is 1.53 bits per heavy atom. The molecule has 0 bridgehead atoms. The van der Waals surface area contributed by atoms with Gasteiger partial charge in [0.15, 0.2) is 0 Å². The zero-order chi connectivity index (χ0) is 12.8. The molecule has 1 aromatic carbocycles. The quantitative estimate of drug-likeness (QED) is 0.508. The fraction of sp³-hybridized carbons (Fsp3) is 0.300. The average Bonchev–Trinajstić information content (AvgIpc) is 2.35. The molecule has 0 aliphatic carbocycles. The van der Waals surface area contributed by atoms with E-state index in [4.69, 9.17) is 5.11 Å². The maximum absolute atomic E-state index is 11.3. The van der Waals surface area contributed by atoms with Gasteiger partial charge >= 0.3 is 0 Å². The predicted octanol–water partition coefficient (Wildman–Crippen LogP) is 0.359. The maximum atomic E-state index is 11.3. The second-order valence-corrected chi connectivity index (χ2v) is 3.22. The number of hydrogen-bond acceptors (Lipinski definition) is 5. The lowest BCUT2D eigenvalue weighted by molar-refractivity contribution is -0.384. The molecule has 17 heavy (non-hydrogen) atoms. The Balaban J connectivity index is 3.08. The van der Waals surface area contributed by atoms with Crippen LogP contribution in [0.15, 0.2) is 18.2 Å². The SMILES string of the molecule is CNC(=O)c1ccc(NCCO)c([N+](=O)[O-])c1. The summed E-state index contributed by atoms with van der Waals surface area (Å²) in [5.41, 5.74) is 0.296. The van der Waals surface area contributed by atoms with Gasteiger partial charge in [0.2, 0.25) is 0 Å². The molecule has 0 radical (unpaired) electrons. The minimum Gasteiger partial charge on any atom is -0.395 e. The lowest BCUT2D eigenvalue weighted by atomic mass is 10.1. The van der Waals surface area contributed by atoms with Crippen LogP contribution in [0, 0.1) is 10.1 Å². The molecule has 0 atom stereocenters. The maximum Gasteiger partial charge on any atom is 0.293 e. The third kappa shape index (κ3) is 3.15. The van der Waals surface area contributed by atoms with E-state index >= 15 is 0 Å². The van der Waals surface area contributed by atoms with E-state index in [-0.39, 0.29) is 36.0 Å². The zero-order valence-corrected chi connectivity index (χ0v) is 9.27. The number of nitro groups is 1. The standard InChI is InChI=1S/C10H13N3O4/c1-11-10(15)7-2-3-8(12-4-5-14)9(6-7)13(16)17/h2-3,6,12,14H,4-5H2,1H3,(H,11,15). The minimum atomic E-state index is -0.577. The second-order valence-electron chi connectivity index (χ2n) is 3.22. The number of anilines is 1. The van der Waals surface area contributed by atoms with Gasteiger partial charge in [-0.1, -0.05) is 0 Å². The van der Waals surface area contributed by atoms with Gasteiger partial charge < -0.3 is 15.7 Å². The van der Waals surface area contributed by atoms with Crippen molar-refractivity contribution < 1.29 is 14.8 Å². The van der Waals surface area contributed by atoms with Gasteiger partial charge in [-0.25, -0.2) is 0 Å². The van der Waals surface area contributed by atoms with Gasteiger partial charge in [0, 0.05) is 25.2 Å². The highest BCUT2D eigenvalue weighted by molar-refractivity contribution is 5.95. The molecule has 0 spiro atoms. The number of aliphatic hydroxyl groups is 1. The predicted molar refractivity (Wildman–Crippen MR) is 62.1 cm³/mol. The van der Waals surface area contributed by atoms with Crippen molar-refractivity contribution in [1.82, 2.24) is 5.32 Å². The number of carbonyl (C=O) groups excluding carboxylic acids is 1. The molecule has 0 aliphatic rings. The van der Waals surface area contributed by atoms with Crippen LogP contribution in [-0.2, 0) is 0 Å². The molecule has 1 aromatic rings. The van der Waals surface area contributed by atoms with E-state index in [0.717, 1.165) is 0 Å². The van der Waals surface area contributed by atoms with Crippen molar-refractivity contribution in [3.63, 3.8) is 0 Å². The molecule has 0 saturated carbocycles. The van der Waals surface area contributed by atoms with E-state index in [1.54, 1.807) is 0 Å². The Hall–Kier alpha value is -2.15. The van der Waals surface area contributed by atoms with Crippen LogP contribution in [0.3, 0.4) is 0 Å². The summed E-state index contributed by atoms with van der Waals surface area (Å²) in [6, 6.07) is 4.11. The molecule has 3 N–H and O–H groups in total. The van der Waals surface area contributed by atoms with Crippen LogP contribution in [0.2, 0.25) is 0 Å². The smallest absolute Gasteiger partial charge is 0.293 e. The number of carbonyl (C=O) groups is 1. The molecule has 0 aliphatic heterocycles. The van der Waals surface area contributed by atoms with Crippen molar-refractivity contribution in [3.05, 3.63) is 33.9 Å². The van der Waals surface area contributed by atoms with E-state index < -0.39 is 4.92 Å². The normalized spacial score (nSPS) is 9.76. The van der Waals surface area contributed by atoms with Gasteiger partial charge in [-0.3, -0.25) is 14.9 Å². The lowest BCUT2D eigenvalue weighted by Crippen LogP contribution is -2.18. The molecule has 7 heteroatoms. The first-order valence-corrected chi connectivity index (χ1v) is 4.95. The Morgan fingerprint density at radius 2 is 2.24 bits per heavy atom. The summed E-state index contributed by atoms with van der Waals surface area (Å²) in [5.74, 6) is -0.387. The number of nitrogens with one attached hydrogen (secondary N) is 2. The third-order valence-corrected chi connectivity index (χ3v) is 2.11.